The lowest BCUT2D eigenvalue weighted by molar-refractivity contribution is -0.113. The highest BCUT2D eigenvalue weighted by Gasteiger charge is 2.20. The number of amides is 1. The summed E-state index contributed by atoms with van der Waals surface area (Å²) in [5, 5.41) is 3.45. The quantitative estimate of drug-likeness (QED) is 0.705. The van der Waals surface area contributed by atoms with Crippen molar-refractivity contribution in [3.8, 4) is 0 Å². The number of carbonyl (C=O) groups is 1. The minimum absolute atomic E-state index is 0.0347. The Morgan fingerprint density at radius 1 is 1.24 bits per heavy atom. The Balaban J connectivity index is 1.89. The van der Waals surface area contributed by atoms with Gasteiger partial charge in [-0.05, 0) is 43.5 Å². The molecular weight excluding hydrogens is 356 g/mol. The van der Waals surface area contributed by atoms with E-state index in [4.69, 9.17) is 0 Å². The number of hydrogen-bond acceptors (Lipinski definition) is 4. The summed E-state index contributed by atoms with van der Waals surface area (Å²) in [4.78, 5) is 12.3. The monoisotopic (exact) mass is 384 g/mol. The number of unbranched alkanes of at least 4 members (excludes halogenated alkanes) is 1. The maximum absolute atomic E-state index is 12.5. The van der Waals surface area contributed by atoms with Crippen molar-refractivity contribution < 1.29 is 13.2 Å². The van der Waals surface area contributed by atoms with Gasteiger partial charge in [-0.1, -0.05) is 26.2 Å². The molecule has 0 aromatic heterocycles. The van der Waals surface area contributed by atoms with Crippen LogP contribution >= 0.6 is 11.8 Å². The molecule has 0 spiro atoms. The summed E-state index contributed by atoms with van der Waals surface area (Å²) >= 11 is 1.72. The van der Waals surface area contributed by atoms with Crippen LogP contribution in [-0.4, -0.2) is 43.2 Å². The Morgan fingerprint density at radius 3 is 2.48 bits per heavy atom. The maximum atomic E-state index is 12.5. The summed E-state index contributed by atoms with van der Waals surface area (Å²) in [7, 11) is -1.86. The van der Waals surface area contributed by atoms with E-state index in [1.165, 1.54) is 30.0 Å². The first-order valence-corrected chi connectivity index (χ1v) is 11.4. The Morgan fingerprint density at radius 2 is 1.88 bits per heavy atom. The average Bonchev–Trinajstić information content (AvgIpc) is 3.12. The van der Waals surface area contributed by atoms with E-state index in [1.807, 2.05) is 6.92 Å². The van der Waals surface area contributed by atoms with Gasteiger partial charge in [0.2, 0.25) is 15.9 Å². The van der Waals surface area contributed by atoms with Crippen LogP contribution in [0.15, 0.2) is 29.2 Å². The molecule has 0 aliphatic heterocycles. The predicted molar refractivity (Wildman–Crippen MR) is 105 cm³/mol. The van der Waals surface area contributed by atoms with E-state index < -0.39 is 10.0 Å². The summed E-state index contributed by atoms with van der Waals surface area (Å²) in [6.07, 6.45) is 6.72. The fraction of sp³-hybridized carbons (Fsp3) is 0.611. The number of sulfonamides is 1. The molecule has 7 heteroatoms. The van der Waals surface area contributed by atoms with E-state index >= 15 is 0 Å². The first-order chi connectivity index (χ1) is 11.9. The van der Waals surface area contributed by atoms with Crippen molar-refractivity contribution in [3.63, 3.8) is 0 Å². The van der Waals surface area contributed by atoms with Crippen LogP contribution in [0.5, 0.6) is 0 Å². The predicted octanol–water partition coefficient (Wildman–Crippen LogP) is 3.72. The second-order valence-electron chi connectivity index (χ2n) is 6.47. The van der Waals surface area contributed by atoms with Crippen LogP contribution in [0, 0.1) is 0 Å². The summed E-state index contributed by atoms with van der Waals surface area (Å²) in [6, 6.07) is 6.41. The van der Waals surface area contributed by atoms with Gasteiger partial charge in [0, 0.05) is 24.5 Å². The van der Waals surface area contributed by atoms with Crippen molar-refractivity contribution in [3.05, 3.63) is 24.3 Å². The molecule has 5 nitrogen and oxygen atoms in total. The van der Waals surface area contributed by atoms with Gasteiger partial charge in [0.25, 0.3) is 0 Å². The molecule has 25 heavy (non-hydrogen) atoms. The average molecular weight is 385 g/mol. The van der Waals surface area contributed by atoms with Crippen LogP contribution in [0.4, 0.5) is 5.69 Å². The SMILES string of the molecule is CCCCN(C)S(=O)(=O)c1ccc(NC(=O)CSC2CCCC2)cc1. The second kappa shape index (κ2) is 9.59. The second-order valence-corrected chi connectivity index (χ2v) is 9.80. The van der Waals surface area contributed by atoms with Crippen LogP contribution in [0.3, 0.4) is 0 Å². The van der Waals surface area contributed by atoms with Crippen molar-refractivity contribution in [2.45, 2.75) is 55.6 Å². The van der Waals surface area contributed by atoms with Gasteiger partial charge in [0.05, 0.1) is 10.6 Å². The van der Waals surface area contributed by atoms with E-state index in [0.29, 0.717) is 23.2 Å². The fourth-order valence-corrected chi connectivity index (χ4v) is 5.17. The van der Waals surface area contributed by atoms with Crippen LogP contribution in [0.1, 0.15) is 45.4 Å². The van der Waals surface area contributed by atoms with Gasteiger partial charge < -0.3 is 5.32 Å². The largest absolute Gasteiger partial charge is 0.325 e. The van der Waals surface area contributed by atoms with Crippen LogP contribution in [0.2, 0.25) is 0 Å². The summed E-state index contributed by atoms with van der Waals surface area (Å²) in [5.41, 5.74) is 0.632. The van der Waals surface area contributed by atoms with E-state index in [0.717, 1.165) is 12.8 Å². The number of benzene rings is 1. The Labute approximate surface area is 155 Å². The van der Waals surface area contributed by atoms with Gasteiger partial charge in [0.15, 0.2) is 0 Å². The Bertz CT molecular complexity index is 653. The van der Waals surface area contributed by atoms with E-state index in [-0.39, 0.29) is 10.8 Å². The highest BCUT2D eigenvalue weighted by molar-refractivity contribution is 8.00. The zero-order chi connectivity index (χ0) is 18.3. The van der Waals surface area contributed by atoms with Crippen LogP contribution in [-0.2, 0) is 14.8 Å². The molecule has 0 bridgehead atoms. The van der Waals surface area contributed by atoms with Gasteiger partial charge >= 0.3 is 0 Å². The molecule has 1 fully saturated rings. The molecule has 1 aliphatic carbocycles. The molecule has 1 saturated carbocycles. The van der Waals surface area contributed by atoms with Gasteiger partial charge in [0.1, 0.15) is 0 Å². The number of hydrogen-bond donors (Lipinski definition) is 1. The number of rotatable bonds is 9. The number of carbonyl (C=O) groups excluding carboxylic acids is 1. The smallest absolute Gasteiger partial charge is 0.242 e. The Kier molecular flexibility index (Phi) is 7.78. The van der Waals surface area contributed by atoms with Gasteiger partial charge in [-0.3, -0.25) is 4.79 Å². The number of nitrogens with one attached hydrogen (secondary N) is 1. The van der Waals surface area contributed by atoms with Gasteiger partial charge in [-0.25, -0.2) is 12.7 Å². The zero-order valence-electron chi connectivity index (χ0n) is 15.0. The third-order valence-electron chi connectivity index (χ3n) is 4.43. The van der Waals surface area contributed by atoms with Crippen molar-refractivity contribution in [2.24, 2.45) is 0 Å². The normalized spacial score (nSPS) is 15.6. The molecule has 2 rings (SSSR count). The molecule has 1 aromatic carbocycles. The van der Waals surface area contributed by atoms with Crippen molar-refractivity contribution in [1.82, 2.24) is 4.31 Å². The molecule has 1 aliphatic rings. The number of thioether (sulfide) groups is 1. The minimum Gasteiger partial charge on any atom is -0.325 e. The molecule has 0 atom stereocenters. The number of anilines is 1. The summed E-state index contributed by atoms with van der Waals surface area (Å²) in [6.45, 7) is 2.54. The molecule has 1 N–H and O–H groups in total. The van der Waals surface area contributed by atoms with Crippen LogP contribution in [0.25, 0.3) is 0 Å². The molecule has 140 valence electrons. The topological polar surface area (TPSA) is 66.5 Å². The van der Waals surface area contributed by atoms with Crippen molar-refractivity contribution in [1.29, 1.82) is 0 Å². The molecular formula is C18H28N2O3S2. The van der Waals surface area contributed by atoms with E-state index in [1.54, 1.807) is 43.1 Å². The van der Waals surface area contributed by atoms with E-state index in [9.17, 15) is 13.2 Å². The highest BCUT2D eigenvalue weighted by Crippen LogP contribution is 2.29. The van der Waals surface area contributed by atoms with Gasteiger partial charge in [-0.15, -0.1) is 11.8 Å². The lowest BCUT2D eigenvalue weighted by atomic mass is 10.3. The molecule has 0 unspecified atom stereocenters. The maximum Gasteiger partial charge on any atom is 0.242 e. The van der Waals surface area contributed by atoms with Gasteiger partial charge in [-0.2, -0.15) is 0 Å². The summed E-state index contributed by atoms with van der Waals surface area (Å²) < 4.78 is 26.3. The highest BCUT2D eigenvalue weighted by atomic mass is 32.2. The first kappa shape index (κ1) is 20.3. The molecule has 0 heterocycles. The first-order valence-electron chi connectivity index (χ1n) is 8.91. The zero-order valence-corrected chi connectivity index (χ0v) is 16.7. The molecule has 0 saturated heterocycles. The lowest BCUT2D eigenvalue weighted by Gasteiger charge is -2.17. The third-order valence-corrected chi connectivity index (χ3v) is 7.67. The molecule has 1 aromatic rings. The Hall–Kier alpha value is -1.05. The van der Waals surface area contributed by atoms with Crippen LogP contribution < -0.4 is 5.32 Å². The van der Waals surface area contributed by atoms with E-state index in [2.05, 4.69) is 5.32 Å². The fourth-order valence-electron chi connectivity index (χ4n) is 2.84. The minimum atomic E-state index is -3.46. The van der Waals surface area contributed by atoms with Crippen molar-refractivity contribution >= 4 is 33.4 Å². The summed E-state index contributed by atoms with van der Waals surface area (Å²) in [5.74, 6) is 0.414. The van der Waals surface area contributed by atoms with Crippen molar-refractivity contribution in [2.75, 3.05) is 24.7 Å². The standard InChI is InChI=1S/C18H28N2O3S2/c1-3-4-13-20(2)25(22,23)17-11-9-15(10-12-17)19-18(21)14-24-16-7-5-6-8-16/h9-12,16H,3-8,13-14H2,1-2H3,(H,19,21). The molecule has 1 amide bonds. The lowest BCUT2D eigenvalue weighted by Crippen LogP contribution is -2.27. The molecule has 0 radical (unpaired) electrons. The number of nitrogens with zero attached hydrogens (tertiary/aromatic N) is 1. The third kappa shape index (κ3) is 6.01.